The predicted molar refractivity (Wildman–Crippen MR) is 93.9 cm³/mol. The molecule has 0 atom stereocenters. The second kappa shape index (κ2) is 7.04. The van der Waals surface area contributed by atoms with E-state index in [9.17, 15) is 0 Å². The first kappa shape index (κ1) is 15.2. The number of hydrogen-bond donors (Lipinski definition) is 1. The van der Waals surface area contributed by atoms with Crippen LogP contribution in [0, 0.1) is 5.92 Å². The Kier molecular flexibility index (Phi) is 4.64. The largest absolute Gasteiger partial charge is 0.370 e. The lowest BCUT2D eigenvalue weighted by molar-refractivity contribution is 0.147. The van der Waals surface area contributed by atoms with E-state index in [2.05, 4.69) is 31.2 Å². The zero-order valence-electron chi connectivity index (χ0n) is 14.1. The monoisotopic (exact) mass is 315 g/mol. The fraction of sp³-hybridized carbons (Fsp3) is 0.778. The van der Waals surface area contributed by atoms with Crippen molar-refractivity contribution in [2.75, 3.05) is 42.9 Å². The number of rotatable bonds is 5. The van der Waals surface area contributed by atoms with E-state index < -0.39 is 0 Å². The zero-order valence-corrected chi connectivity index (χ0v) is 14.1. The quantitative estimate of drug-likeness (QED) is 0.905. The van der Waals surface area contributed by atoms with Crippen LogP contribution in [0.2, 0.25) is 0 Å². The SMILES string of the molecule is c1nc(NCC2CC2)cc(N2CCN(C3CCCCC3)CC2)n1. The Morgan fingerprint density at radius 2 is 1.74 bits per heavy atom. The summed E-state index contributed by atoms with van der Waals surface area (Å²) in [5, 5.41) is 3.46. The minimum Gasteiger partial charge on any atom is -0.370 e. The van der Waals surface area contributed by atoms with E-state index in [1.807, 2.05) is 0 Å². The Morgan fingerprint density at radius 3 is 2.48 bits per heavy atom. The summed E-state index contributed by atoms with van der Waals surface area (Å²) in [7, 11) is 0. The molecule has 1 aromatic heterocycles. The molecule has 0 spiro atoms. The third-order valence-electron chi connectivity index (χ3n) is 5.65. The molecule has 1 aliphatic heterocycles. The summed E-state index contributed by atoms with van der Waals surface area (Å²) in [6, 6.07) is 2.96. The number of anilines is 2. The second-order valence-electron chi connectivity index (χ2n) is 7.40. The Hall–Kier alpha value is -1.36. The molecular weight excluding hydrogens is 286 g/mol. The van der Waals surface area contributed by atoms with Crippen LogP contribution < -0.4 is 10.2 Å². The molecule has 1 aromatic rings. The van der Waals surface area contributed by atoms with E-state index in [1.54, 1.807) is 6.33 Å². The van der Waals surface area contributed by atoms with Crippen molar-refractivity contribution in [1.82, 2.24) is 14.9 Å². The smallest absolute Gasteiger partial charge is 0.134 e. The molecule has 3 fully saturated rings. The summed E-state index contributed by atoms with van der Waals surface area (Å²) in [4.78, 5) is 14.0. The van der Waals surface area contributed by atoms with Crippen LogP contribution in [0.3, 0.4) is 0 Å². The van der Waals surface area contributed by atoms with E-state index in [0.717, 1.165) is 43.2 Å². The Labute approximate surface area is 139 Å². The van der Waals surface area contributed by atoms with Gasteiger partial charge in [-0.25, -0.2) is 9.97 Å². The van der Waals surface area contributed by atoms with Gasteiger partial charge in [0.25, 0.3) is 0 Å². The first-order valence-corrected chi connectivity index (χ1v) is 9.43. The number of nitrogens with one attached hydrogen (secondary N) is 1. The van der Waals surface area contributed by atoms with Crippen LogP contribution in [0.25, 0.3) is 0 Å². The molecule has 5 heteroatoms. The highest BCUT2D eigenvalue weighted by Crippen LogP contribution is 2.29. The summed E-state index contributed by atoms with van der Waals surface area (Å²) in [6.45, 7) is 5.61. The molecule has 4 rings (SSSR count). The highest BCUT2D eigenvalue weighted by Gasteiger charge is 2.26. The highest BCUT2D eigenvalue weighted by molar-refractivity contribution is 5.48. The first-order valence-electron chi connectivity index (χ1n) is 9.43. The third kappa shape index (κ3) is 3.94. The summed E-state index contributed by atoms with van der Waals surface area (Å²) in [5.74, 6) is 2.94. The molecule has 5 nitrogen and oxygen atoms in total. The molecule has 2 aliphatic carbocycles. The zero-order chi connectivity index (χ0) is 15.5. The van der Waals surface area contributed by atoms with Gasteiger partial charge in [-0.15, -0.1) is 0 Å². The van der Waals surface area contributed by atoms with Crippen LogP contribution >= 0.6 is 0 Å². The normalized spacial score (nSPS) is 23.9. The lowest BCUT2D eigenvalue weighted by atomic mass is 9.94. The minimum absolute atomic E-state index is 0.840. The van der Waals surface area contributed by atoms with Gasteiger partial charge in [0, 0.05) is 44.8 Å². The average molecular weight is 315 g/mol. The van der Waals surface area contributed by atoms with E-state index in [1.165, 1.54) is 58.0 Å². The van der Waals surface area contributed by atoms with Crippen molar-refractivity contribution in [2.45, 2.75) is 51.0 Å². The lowest BCUT2D eigenvalue weighted by Crippen LogP contribution is -2.51. The molecule has 1 N–H and O–H groups in total. The van der Waals surface area contributed by atoms with E-state index in [4.69, 9.17) is 0 Å². The number of piperazine rings is 1. The van der Waals surface area contributed by atoms with Gasteiger partial charge in [0.15, 0.2) is 0 Å². The summed E-state index contributed by atoms with van der Waals surface area (Å²) >= 11 is 0. The summed E-state index contributed by atoms with van der Waals surface area (Å²) in [5.41, 5.74) is 0. The van der Waals surface area contributed by atoms with Crippen molar-refractivity contribution in [3.63, 3.8) is 0 Å². The van der Waals surface area contributed by atoms with E-state index >= 15 is 0 Å². The molecule has 0 unspecified atom stereocenters. The maximum atomic E-state index is 4.50. The molecule has 1 saturated heterocycles. The molecule has 0 amide bonds. The molecule has 0 radical (unpaired) electrons. The maximum Gasteiger partial charge on any atom is 0.134 e. The second-order valence-corrected chi connectivity index (χ2v) is 7.40. The number of aromatic nitrogens is 2. The van der Waals surface area contributed by atoms with Crippen molar-refractivity contribution in [2.24, 2.45) is 5.92 Å². The molecule has 3 aliphatic rings. The topological polar surface area (TPSA) is 44.3 Å². The van der Waals surface area contributed by atoms with Crippen LogP contribution in [-0.2, 0) is 0 Å². The number of nitrogens with zero attached hydrogens (tertiary/aromatic N) is 4. The van der Waals surface area contributed by atoms with Crippen LogP contribution in [0.1, 0.15) is 44.9 Å². The Morgan fingerprint density at radius 1 is 0.957 bits per heavy atom. The van der Waals surface area contributed by atoms with Crippen molar-refractivity contribution >= 4 is 11.6 Å². The maximum absolute atomic E-state index is 4.50. The van der Waals surface area contributed by atoms with Crippen molar-refractivity contribution < 1.29 is 0 Å². The van der Waals surface area contributed by atoms with Crippen molar-refractivity contribution in [1.29, 1.82) is 0 Å². The molecule has 2 saturated carbocycles. The van der Waals surface area contributed by atoms with Gasteiger partial charge >= 0.3 is 0 Å². The van der Waals surface area contributed by atoms with E-state index in [-0.39, 0.29) is 0 Å². The number of hydrogen-bond acceptors (Lipinski definition) is 5. The van der Waals surface area contributed by atoms with Gasteiger partial charge in [0.2, 0.25) is 0 Å². The van der Waals surface area contributed by atoms with Gasteiger partial charge in [-0.1, -0.05) is 19.3 Å². The van der Waals surface area contributed by atoms with Crippen LogP contribution in [0.15, 0.2) is 12.4 Å². The fourth-order valence-electron chi connectivity index (χ4n) is 3.95. The minimum atomic E-state index is 0.840. The predicted octanol–water partition coefficient (Wildman–Crippen LogP) is 2.75. The molecule has 2 heterocycles. The molecule has 23 heavy (non-hydrogen) atoms. The van der Waals surface area contributed by atoms with E-state index in [0.29, 0.717) is 0 Å². The van der Waals surface area contributed by atoms with Crippen molar-refractivity contribution in [3.05, 3.63) is 12.4 Å². The third-order valence-corrected chi connectivity index (χ3v) is 5.65. The van der Waals surface area contributed by atoms with Gasteiger partial charge in [-0.3, -0.25) is 4.90 Å². The molecule has 0 aromatic carbocycles. The van der Waals surface area contributed by atoms with Crippen LogP contribution in [0.5, 0.6) is 0 Å². The first-order chi connectivity index (χ1) is 11.4. The molecular formula is C18H29N5. The van der Waals surface area contributed by atoms with Gasteiger partial charge in [0.1, 0.15) is 18.0 Å². The lowest BCUT2D eigenvalue weighted by Gasteiger charge is -2.41. The Bertz CT molecular complexity index is 502. The van der Waals surface area contributed by atoms with Gasteiger partial charge in [-0.2, -0.15) is 0 Å². The average Bonchev–Trinajstić information content (AvgIpc) is 3.46. The fourth-order valence-corrected chi connectivity index (χ4v) is 3.95. The molecule has 126 valence electrons. The standard InChI is InChI=1S/C18H29N5/c1-2-4-16(5-3-1)22-8-10-23(11-9-22)18-12-17(20-14-21-18)19-13-15-6-7-15/h12,14-16H,1-11,13H2,(H,19,20,21). The van der Waals surface area contributed by atoms with Gasteiger partial charge in [-0.05, 0) is 31.6 Å². The highest BCUT2D eigenvalue weighted by atomic mass is 15.3. The Balaban J connectivity index is 1.31. The summed E-state index contributed by atoms with van der Waals surface area (Å²) < 4.78 is 0. The van der Waals surface area contributed by atoms with Gasteiger partial charge < -0.3 is 10.2 Å². The molecule has 0 bridgehead atoms. The van der Waals surface area contributed by atoms with Gasteiger partial charge in [0.05, 0.1) is 0 Å². The van der Waals surface area contributed by atoms with Crippen LogP contribution in [0.4, 0.5) is 11.6 Å². The summed E-state index contributed by atoms with van der Waals surface area (Å²) in [6.07, 6.45) is 11.5. The van der Waals surface area contributed by atoms with Crippen LogP contribution in [-0.4, -0.2) is 53.6 Å². The van der Waals surface area contributed by atoms with Crippen molar-refractivity contribution in [3.8, 4) is 0 Å².